The zero-order chi connectivity index (χ0) is 38.4. The van der Waals surface area contributed by atoms with Gasteiger partial charge in [-0.2, -0.15) is 4.57 Å². The molecule has 0 fully saturated rings. The van der Waals surface area contributed by atoms with Crippen LogP contribution in [0.1, 0.15) is 113 Å². The van der Waals surface area contributed by atoms with Gasteiger partial charge in [-0.25, -0.2) is 4.99 Å². The Morgan fingerprint density at radius 2 is 1.57 bits per heavy atom. The van der Waals surface area contributed by atoms with Crippen molar-refractivity contribution in [3.05, 3.63) is 108 Å². The first-order valence-corrected chi connectivity index (χ1v) is 18.6. The van der Waals surface area contributed by atoms with Crippen molar-refractivity contribution in [1.29, 1.82) is 0 Å². The van der Waals surface area contributed by atoms with Gasteiger partial charge < -0.3 is 4.42 Å². The van der Waals surface area contributed by atoms with Crippen LogP contribution in [0, 0.1) is 11.3 Å². The normalized spacial score (nSPS) is 11.2. The maximum atomic E-state index is 6.31. The minimum atomic E-state index is -0.889. The Morgan fingerprint density at radius 1 is 0.941 bits per heavy atom. The lowest BCUT2D eigenvalue weighted by atomic mass is 9.41. The number of rotatable bonds is 6. The number of hydrogen-bond donors (Lipinski definition) is 0. The van der Waals surface area contributed by atoms with Crippen LogP contribution in [0.2, 0.25) is 0 Å². The Kier molecular flexibility index (Phi) is 16.9. The van der Waals surface area contributed by atoms with Crippen molar-refractivity contribution in [3.63, 3.8) is 0 Å². The summed E-state index contributed by atoms with van der Waals surface area (Å²) >= 11 is 0. The van der Waals surface area contributed by atoms with Crippen molar-refractivity contribution >= 4 is 44.3 Å². The van der Waals surface area contributed by atoms with Gasteiger partial charge in [-0.05, 0) is 49.4 Å². The highest BCUT2D eigenvalue weighted by Crippen LogP contribution is 2.41. The molecule has 0 N–H and O–H groups in total. The van der Waals surface area contributed by atoms with E-state index in [1.165, 1.54) is 29.7 Å². The molecule has 6 rings (SSSR count). The minimum Gasteiger partial charge on any atom is -0.437 e. The summed E-state index contributed by atoms with van der Waals surface area (Å²) in [6.45, 7) is 29.6. The minimum absolute atomic E-state index is 0.234. The number of aromatic nitrogens is 2. The van der Waals surface area contributed by atoms with E-state index in [0.29, 0.717) is 5.88 Å². The average molecular weight is 681 g/mol. The molecule has 0 unspecified atom stereocenters. The van der Waals surface area contributed by atoms with E-state index in [1.54, 1.807) is 6.20 Å². The van der Waals surface area contributed by atoms with E-state index >= 15 is 0 Å². The van der Waals surface area contributed by atoms with Crippen LogP contribution in [-0.4, -0.2) is 26.4 Å². The molecule has 0 saturated heterocycles. The van der Waals surface area contributed by atoms with E-state index in [1.807, 2.05) is 111 Å². The van der Waals surface area contributed by atoms with E-state index in [2.05, 4.69) is 78.4 Å². The fourth-order valence-corrected chi connectivity index (χ4v) is 5.31. The van der Waals surface area contributed by atoms with Crippen LogP contribution in [0.3, 0.4) is 0 Å². The third kappa shape index (κ3) is 10.7. The first-order chi connectivity index (χ1) is 24.3. The molecule has 0 saturated carbocycles. The highest BCUT2D eigenvalue weighted by Gasteiger charge is 2.33. The molecule has 0 atom stereocenters. The molecule has 266 valence electrons. The molecule has 51 heavy (non-hydrogen) atoms. The van der Waals surface area contributed by atoms with Gasteiger partial charge in [0.2, 0.25) is 11.6 Å². The number of nitrogens with zero attached hydrogens (tertiary/aromatic N) is 3. The van der Waals surface area contributed by atoms with Crippen molar-refractivity contribution in [2.45, 2.75) is 108 Å². The highest BCUT2D eigenvalue weighted by atomic mass is 16.3. The molecular weight excluding hydrogens is 620 g/mol. The molecule has 4 heterocycles. The maximum Gasteiger partial charge on any atom is 0.227 e. The van der Waals surface area contributed by atoms with E-state index in [9.17, 15) is 0 Å². The number of pyridine rings is 2. The lowest BCUT2D eigenvalue weighted by Gasteiger charge is -2.40. The van der Waals surface area contributed by atoms with Gasteiger partial charge >= 0.3 is 0 Å². The molecule has 1 aliphatic heterocycles. The highest BCUT2D eigenvalue weighted by molar-refractivity contribution is 6.40. The number of fused-ring (bicyclic) bond motifs is 5. The summed E-state index contributed by atoms with van der Waals surface area (Å²) in [6, 6.07) is 24.4. The molecule has 2 aromatic carbocycles. The molecular formula is C45H60B2N3O+. The largest absolute Gasteiger partial charge is 0.437 e. The standard InChI is InChI=1S/C19H17N2O.C16H17B2N.C6H14.2C2H6/c1-4-14-15-9-8-13-11-21-10-6-5-7-16(21)17(13)18(15)22-19(14)20-12(2)3;1-15(2,3)16(17,18)13-9-10-19-14(11-13)12-7-5-4-6-8-12;1-4-6(3)5-2;2*1-2/h4-10H,1,11H2,2-3H3;4-11H,1-3H3;6H,4-5H2,1-3H3;2*1-2H3/q+1;;;;. The first-order valence-electron chi connectivity index (χ1n) is 18.6. The molecule has 0 amide bonds. The van der Waals surface area contributed by atoms with Gasteiger partial charge in [0.15, 0.2) is 18.3 Å². The van der Waals surface area contributed by atoms with E-state index in [-0.39, 0.29) is 5.41 Å². The third-order valence-corrected chi connectivity index (χ3v) is 8.97. The van der Waals surface area contributed by atoms with Crippen molar-refractivity contribution in [3.8, 4) is 22.5 Å². The van der Waals surface area contributed by atoms with Crippen LogP contribution in [-0.2, 0) is 11.8 Å². The molecule has 5 aromatic rings. The Bertz CT molecular complexity index is 1840. The zero-order valence-corrected chi connectivity index (χ0v) is 33.5. The third-order valence-electron chi connectivity index (χ3n) is 8.97. The van der Waals surface area contributed by atoms with Crippen LogP contribution in [0.4, 0.5) is 5.88 Å². The summed E-state index contributed by atoms with van der Waals surface area (Å²) in [5, 5.41) is 0.186. The molecule has 0 spiro atoms. The van der Waals surface area contributed by atoms with Crippen molar-refractivity contribution < 1.29 is 8.98 Å². The van der Waals surface area contributed by atoms with Crippen LogP contribution >= 0.6 is 0 Å². The summed E-state index contributed by atoms with van der Waals surface area (Å²) in [4.78, 5) is 8.91. The predicted molar refractivity (Wildman–Crippen MR) is 224 cm³/mol. The fraction of sp³-hybridized carbons (Fsp3) is 0.400. The molecule has 0 aliphatic carbocycles. The fourth-order valence-electron chi connectivity index (χ4n) is 5.31. The van der Waals surface area contributed by atoms with Crippen LogP contribution in [0.15, 0.2) is 101 Å². The Hall–Kier alpha value is -4.18. The van der Waals surface area contributed by atoms with E-state index < -0.39 is 5.21 Å². The van der Waals surface area contributed by atoms with Gasteiger partial charge in [0.05, 0.1) is 26.9 Å². The molecule has 4 radical (unpaired) electrons. The summed E-state index contributed by atoms with van der Waals surface area (Å²) in [7, 11) is 12.6. The van der Waals surface area contributed by atoms with E-state index in [0.717, 1.165) is 51.5 Å². The lowest BCUT2D eigenvalue weighted by molar-refractivity contribution is -0.672. The second-order valence-electron chi connectivity index (χ2n) is 13.6. The Morgan fingerprint density at radius 3 is 2.12 bits per heavy atom. The quantitative estimate of drug-likeness (QED) is 0.0998. The smallest absolute Gasteiger partial charge is 0.227 e. The van der Waals surface area contributed by atoms with E-state index in [4.69, 9.17) is 20.1 Å². The van der Waals surface area contributed by atoms with Gasteiger partial charge in [0.25, 0.3) is 0 Å². The van der Waals surface area contributed by atoms with Crippen molar-refractivity contribution in [2.24, 2.45) is 16.3 Å². The first kappa shape index (κ1) is 43.0. The number of aliphatic imine (C=N–C) groups is 1. The van der Waals surface area contributed by atoms with Gasteiger partial charge in [-0.15, -0.1) is 0 Å². The van der Waals surface area contributed by atoms with Gasteiger partial charge in [-0.1, -0.05) is 142 Å². The molecule has 6 heteroatoms. The van der Waals surface area contributed by atoms with Gasteiger partial charge in [0, 0.05) is 46.1 Å². The maximum absolute atomic E-state index is 6.31. The molecule has 1 aliphatic rings. The summed E-state index contributed by atoms with van der Waals surface area (Å²) in [5.74, 6) is 1.58. The molecule has 4 nitrogen and oxygen atoms in total. The van der Waals surface area contributed by atoms with Crippen LogP contribution < -0.4 is 4.57 Å². The summed E-state index contributed by atoms with van der Waals surface area (Å²) < 4.78 is 8.37. The van der Waals surface area contributed by atoms with Gasteiger partial charge in [-0.3, -0.25) is 4.98 Å². The SMILES string of the molecule is C=Cc1c(N=C(C)C)oc2c3c(ccc12)C[n+]1ccccc1-3.CC.CC.CCC(C)CC.[B]C([B])(c1ccnc(-c2ccccc2)c1)C(C)(C)C. The number of benzene rings is 2. The second-order valence-corrected chi connectivity index (χ2v) is 13.6. The summed E-state index contributed by atoms with van der Waals surface area (Å²) in [6.07, 6.45) is 8.35. The lowest BCUT2D eigenvalue weighted by Crippen LogP contribution is -2.41. The van der Waals surface area contributed by atoms with Crippen LogP contribution in [0.5, 0.6) is 0 Å². The predicted octanol–water partition coefficient (Wildman–Crippen LogP) is 12.3. The molecule has 0 bridgehead atoms. The van der Waals surface area contributed by atoms with Crippen LogP contribution in [0.25, 0.3) is 39.6 Å². The van der Waals surface area contributed by atoms with Crippen molar-refractivity contribution in [2.75, 3.05) is 0 Å². The molecule has 3 aromatic heterocycles. The van der Waals surface area contributed by atoms with Crippen molar-refractivity contribution in [1.82, 2.24) is 4.98 Å². The number of furan rings is 1. The zero-order valence-electron chi connectivity index (χ0n) is 33.5. The number of hydrogen-bond acceptors (Lipinski definition) is 3. The second kappa shape index (κ2) is 20.0. The van der Waals surface area contributed by atoms with Gasteiger partial charge in [0.1, 0.15) is 0 Å². The average Bonchev–Trinajstić information content (AvgIpc) is 3.70. The summed E-state index contributed by atoms with van der Waals surface area (Å²) in [5.41, 5.74) is 9.11. The monoisotopic (exact) mass is 680 g/mol. The topological polar surface area (TPSA) is 42.3 Å². The Labute approximate surface area is 312 Å². The Balaban J connectivity index is 0.000000284.